The van der Waals surface area contributed by atoms with Crippen molar-refractivity contribution in [3.05, 3.63) is 29.3 Å². The fourth-order valence-corrected chi connectivity index (χ4v) is 5.13. The lowest BCUT2D eigenvalue weighted by atomic mass is 10.0. The first-order valence-corrected chi connectivity index (χ1v) is 15.6. The van der Waals surface area contributed by atoms with Gasteiger partial charge in [-0.15, -0.1) is 11.8 Å². The molecule has 0 aromatic heterocycles. The fraction of sp³-hybridized carbons (Fsp3) is 0.710. The molecule has 0 heterocycles. The summed E-state index contributed by atoms with van der Waals surface area (Å²) in [5.41, 5.74) is 2.33. The Morgan fingerprint density at radius 1 is 0.925 bits per heavy atom. The zero-order valence-corrected chi connectivity index (χ0v) is 25.7. The molecule has 230 valence electrons. The number of carbonyl (C=O) groups excluding carboxylic acids is 1. The molecule has 3 atom stereocenters. The highest BCUT2D eigenvalue weighted by molar-refractivity contribution is 7.99. The molecule has 1 aromatic rings. The summed E-state index contributed by atoms with van der Waals surface area (Å²) in [6.45, 7) is 7.56. The van der Waals surface area contributed by atoms with Gasteiger partial charge >= 0.3 is 17.9 Å². The van der Waals surface area contributed by atoms with E-state index in [-0.39, 0.29) is 17.8 Å². The Bertz CT molecular complexity index is 843. The Labute approximate surface area is 244 Å². The molecule has 8 nitrogen and oxygen atoms in total. The molecule has 0 amide bonds. The van der Waals surface area contributed by atoms with Crippen molar-refractivity contribution in [3.8, 4) is 0 Å². The van der Waals surface area contributed by atoms with Gasteiger partial charge in [0.2, 0.25) is 0 Å². The second-order valence-electron chi connectivity index (χ2n) is 10.4. The van der Waals surface area contributed by atoms with Gasteiger partial charge in [-0.3, -0.25) is 14.4 Å². The largest absolute Gasteiger partial charge is 0.481 e. The van der Waals surface area contributed by atoms with Crippen molar-refractivity contribution < 1.29 is 39.5 Å². The Kier molecular flexibility index (Phi) is 22.4. The Morgan fingerprint density at radius 2 is 1.50 bits per heavy atom. The highest BCUT2D eigenvalue weighted by atomic mass is 32.2. The summed E-state index contributed by atoms with van der Waals surface area (Å²) in [5.74, 6) is -3.92. The van der Waals surface area contributed by atoms with E-state index in [2.05, 4.69) is 29.9 Å². The normalized spacial score (nSPS) is 13.1. The molecule has 0 fully saturated rings. The lowest BCUT2D eigenvalue weighted by Crippen LogP contribution is -2.32. The number of carboxylic acids is 2. The van der Waals surface area contributed by atoms with Crippen LogP contribution in [0.4, 0.5) is 0 Å². The predicted octanol–water partition coefficient (Wildman–Crippen LogP) is 6.41. The number of hydrogen-bond acceptors (Lipinski definition) is 7. The second-order valence-corrected chi connectivity index (χ2v) is 11.5. The number of hydrogen-bond donors (Lipinski definition) is 4. The minimum Gasteiger partial charge on any atom is -0.481 e. The van der Waals surface area contributed by atoms with Crippen LogP contribution in [0.25, 0.3) is 0 Å². The van der Waals surface area contributed by atoms with Crippen LogP contribution in [-0.2, 0) is 25.5 Å². The molecule has 0 radical (unpaired) electrons. The first-order valence-electron chi connectivity index (χ1n) is 14.6. The van der Waals surface area contributed by atoms with E-state index >= 15 is 0 Å². The van der Waals surface area contributed by atoms with Gasteiger partial charge in [-0.1, -0.05) is 76.8 Å². The van der Waals surface area contributed by atoms with E-state index in [0.717, 1.165) is 23.3 Å². The Morgan fingerprint density at radius 3 is 2.00 bits per heavy atom. The lowest BCUT2D eigenvalue weighted by molar-refractivity contribution is -0.151. The molecule has 9 heteroatoms. The van der Waals surface area contributed by atoms with Gasteiger partial charge in [-0.05, 0) is 43.9 Å². The number of benzene rings is 1. The molecule has 3 unspecified atom stereocenters. The maximum Gasteiger partial charge on any atom is 0.309 e. The van der Waals surface area contributed by atoms with Crippen molar-refractivity contribution in [1.29, 1.82) is 0 Å². The number of aliphatic hydroxyl groups is 2. The minimum atomic E-state index is -1.29. The molecule has 0 bridgehead atoms. The Balaban J connectivity index is 0.00000144. The third-order valence-electron chi connectivity index (χ3n) is 6.50. The second kappa shape index (κ2) is 23.6. The number of esters is 1. The summed E-state index contributed by atoms with van der Waals surface area (Å²) in [4.78, 5) is 33.2. The Hall–Kier alpha value is -2.10. The van der Waals surface area contributed by atoms with Crippen molar-refractivity contribution in [2.75, 3.05) is 12.4 Å². The number of ether oxygens (including phenoxy) is 1. The molecule has 0 spiro atoms. The topological polar surface area (TPSA) is 141 Å². The van der Waals surface area contributed by atoms with Crippen molar-refractivity contribution in [2.45, 2.75) is 128 Å². The van der Waals surface area contributed by atoms with Crippen molar-refractivity contribution in [2.24, 2.45) is 5.92 Å². The van der Waals surface area contributed by atoms with Crippen molar-refractivity contribution in [3.63, 3.8) is 0 Å². The molecule has 0 saturated carbocycles. The summed E-state index contributed by atoms with van der Waals surface area (Å²) in [6, 6.07) is 6.31. The maximum atomic E-state index is 11.2. The summed E-state index contributed by atoms with van der Waals surface area (Å²) >= 11 is 1.39. The molecule has 0 aliphatic rings. The molecule has 1 rings (SSSR count). The van der Waals surface area contributed by atoms with E-state index in [1.54, 1.807) is 6.92 Å². The van der Waals surface area contributed by atoms with Crippen LogP contribution in [0.15, 0.2) is 23.1 Å². The zero-order valence-electron chi connectivity index (χ0n) is 24.9. The van der Waals surface area contributed by atoms with Gasteiger partial charge in [0.25, 0.3) is 0 Å². The molecular weight excluding hydrogens is 532 g/mol. The van der Waals surface area contributed by atoms with Crippen LogP contribution < -0.4 is 0 Å². The molecule has 4 N–H and O–H groups in total. The van der Waals surface area contributed by atoms with E-state index in [1.165, 1.54) is 82.0 Å². The van der Waals surface area contributed by atoms with Gasteiger partial charge in [0.05, 0.1) is 31.2 Å². The van der Waals surface area contributed by atoms with Crippen LogP contribution in [0.5, 0.6) is 0 Å². The van der Waals surface area contributed by atoms with Gasteiger partial charge in [-0.2, -0.15) is 0 Å². The van der Waals surface area contributed by atoms with E-state index in [4.69, 9.17) is 10.2 Å². The zero-order chi connectivity index (χ0) is 30.3. The summed E-state index contributed by atoms with van der Waals surface area (Å²) in [5, 5.41) is 36.9. The number of thioether (sulfide) groups is 1. The van der Waals surface area contributed by atoms with E-state index in [1.807, 2.05) is 6.92 Å². The van der Waals surface area contributed by atoms with E-state index < -0.39 is 30.4 Å². The quantitative estimate of drug-likeness (QED) is 0.0733. The number of rotatable bonds is 21. The first-order chi connectivity index (χ1) is 19.0. The first kappa shape index (κ1) is 37.9. The number of aliphatic hydroxyl groups excluding tert-OH is 2. The standard InChI is InChI=1S/C25H40O5S.C6H12O3/c1-3-4-5-6-7-8-9-10-11-12-13-20-15-14-19(2)23(16-20)31-18-22(26)21(25(29)30)17-24(27)28;1-5(7)3-4-9-6(2)8/h14-16,21-22,26H,3-13,17-18H2,1-2H3,(H,27,28)(H,29,30);5,7H,3-4H2,1-2H3. The molecule has 0 aliphatic carbocycles. The number of carbonyl (C=O) groups is 3. The van der Waals surface area contributed by atoms with Crippen LogP contribution in [0, 0.1) is 12.8 Å². The van der Waals surface area contributed by atoms with Gasteiger partial charge in [0.1, 0.15) is 0 Å². The summed E-state index contributed by atoms with van der Waals surface area (Å²) in [6.07, 6.45) is 12.5. The third-order valence-corrected chi connectivity index (χ3v) is 7.76. The van der Waals surface area contributed by atoms with Crippen LogP contribution >= 0.6 is 11.8 Å². The minimum absolute atomic E-state index is 0.160. The van der Waals surface area contributed by atoms with E-state index in [9.17, 15) is 24.6 Å². The van der Waals surface area contributed by atoms with Crippen molar-refractivity contribution >= 4 is 29.7 Å². The average molecular weight is 585 g/mol. The fourth-order valence-electron chi connectivity index (χ4n) is 4.01. The monoisotopic (exact) mass is 584 g/mol. The lowest BCUT2D eigenvalue weighted by Gasteiger charge is -2.18. The number of aryl methyl sites for hydroxylation is 2. The number of aliphatic carboxylic acids is 2. The van der Waals surface area contributed by atoms with E-state index in [0.29, 0.717) is 13.0 Å². The third kappa shape index (κ3) is 20.8. The summed E-state index contributed by atoms with van der Waals surface area (Å²) in [7, 11) is 0. The molecular formula is C31H52O8S. The van der Waals surface area contributed by atoms with Gasteiger partial charge in [0.15, 0.2) is 0 Å². The van der Waals surface area contributed by atoms with Gasteiger partial charge < -0.3 is 25.2 Å². The molecule has 1 aromatic carbocycles. The van der Waals surface area contributed by atoms with Crippen LogP contribution in [0.3, 0.4) is 0 Å². The molecule has 0 aliphatic heterocycles. The number of carboxylic acid groups (broad SMARTS) is 2. The van der Waals surface area contributed by atoms with Gasteiger partial charge in [0, 0.05) is 24.0 Å². The predicted molar refractivity (Wildman–Crippen MR) is 160 cm³/mol. The van der Waals surface area contributed by atoms with Crippen molar-refractivity contribution in [1.82, 2.24) is 0 Å². The van der Waals surface area contributed by atoms with Crippen LogP contribution in [-0.4, -0.2) is 62.9 Å². The maximum absolute atomic E-state index is 11.2. The summed E-state index contributed by atoms with van der Waals surface area (Å²) < 4.78 is 4.55. The highest BCUT2D eigenvalue weighted by Gasteiger charge is 2.29. The molecule has 0 saturated heterocycles. The SMILES string of the molecule is CC(=O)OCCC(C)O.CCCCCCCCCCCCc1ccc(C)c(SCC(O)C(CC(=O)O)C(=O)O)c1. The average Bonchev–Trinajstić information content (AvgIpc) is 2.88. The number of unbranched alkanes of at least 4 members (excludes halogenated alkanes) is 9. The highest BCUT2D eigenvalue weighted by Crippen LogP contribution is 2.27. The smallest absolute Gasteiger partial charge is 0.309 e. The van der Waals surface area contributed by atoms with Crippen LogP contribution in [0.1, 0.15) is 109 Å². The van der Waals surface area contributed by atoms with Crippen LogP contribution in [0.2, 0.25) is 0 Å². The molecule has 40 heavy (non-hydrogen) atoms. The van der Waals surface area contributed by atoms with Gasteiger partial charge in [-0.25, -0.2) is 0 Å².